The zero-order valence-electron chi connectivity index (χ0n) is 21.7. The summed E-state index contributed by atoms with van der Waals surface area (Å²) in [6.07, 6.45) is 1.68. The lowest BCUT2D eigenvalue weighted by molar-refractivity contribution is -0.130. The minimum atomic E-state index is -3.50. The van der Waals surface area contributed by atoms with Crippen molar-refractivity contribution in [2.24, 2.45) is 0 Å². The first-order valence-electron chi connectivity index (χ1n) is 11.7. The molecule has 36 heavy (non-hydrogen) atoms. The van der Waals surface area contributed by atoms with E-state index in [0.29, 0.717) is 29.6 Å². The molecule has 0 saturated carbocycles. The molecule has 9 nitrogen and oxygen atoms in total. The summed E-state index contributed by atoms with van der Waals surface area (Å²) in [5, 5.41) is 4.04. The van der Waals surface area contributed by atoms with Gasteiger partial charge < -0.3 is 14.2 Å². The summed E-state index contributed by atoms with van der Waals surface area (Å²) in [6.45, 7) is 6.80. The largest absolute Gasteiger partial charge is 0.497 e. The van der Waals surface area contributed by atoms with Crippen molar-refractivity contribution in [1.29, 1.82) is 0 Å². The smallest absolute Gasteiger partial charge is 0.246 e. The monoisotopic (exact) mass is 514 g/mol. The molecule has 3 rings (SSSR count). The molecule has 2 aromatic carbocycles. The Morgan fingerprint density at radius 2 is 1.69 bits per heavy atom. The number of carbonyl (C=O) groups excluding carboxylic acids is 1. The summed E-state index contributed by atoms with van der Waals surface area (Å²) < 4.78 is 36.4. The van der Waals surface area contributed by atoms with Gasteiger partial charge in [0.25, 0.3) is 0 Å². The Hall–Kier alpha value is -3.40. The van der Waals surface area contributed by atoms with Gasteiger partial charge in [-0.2, -0.15) is 4.98 Å². The quantitative estimate of drug-likeness (QED) is 0.398. The summed E-state index contributed by atoms with van der Waals surface area (Å²) in [4.78, 5) is 18.6. The van der Waals surface area contributed by atoms with Crippen molar-refractivity contribution in [2.75, 3.05) is 31.3 Å². The van der Waals surface area contributed by atoms with Crippen molar-refractivity contribution in [3.05, 3.63) is 60.0 Å². The standard InChI is InChI=1S/C26H34N4O5S/c1-26(2,3)20-11-9-19(10-12-20)25-27-23(35-28-25)18-29(4)24(31)8-7-17-30(36(6,32)33)21-13-15-22(34-5)16-14-21/h9-16H,7-8,17-18H2,1-6H3. The average Bonchev–Trinajstić information content (AvgIpc) is 3.29. The molecule has 0 unspecified atom stereocenters. The van der Waals surface area contributed by atoms with Crippen LogP contribution < -0.4 is 9.04 Å². The fraction of sp³-hybridized carbons (Fsp3) is 0.423. The maximum absolute atomic E-state index is 12.7. The molecule has 0 aliphatic heterocycles. The minimum Gasteiger partial charge on any atom is -0.497 e. The minimum absolute atomic E-state index is 0.0526. The number of hydrogen-bond acceptors (Lipinski definition) is 7. The number of anilines is 1. The van der Waals surface area contributed by atoms with Crippen LogP contribution in [0, 0.1) is 0 Å². The van der Waals surface area contributed by atoms with E-state index in [4.69, 9.17) is 9.26 Å². The molecular formula is C26H34N4O5S. The topological polar surface area (TPSA) is 106 Å². The van der Waals surface area contributed by atoms with E-state index in [1.807, 2.05) is 24.3 Å². The number of benzene rings is 2. The fourth-order valence-corrected chi connectivity index (χ4v) is 4.61. The molecule has 1 amide bonds. The third-order valence-electron chi connectivity index (χ3n) is 5.79. The van der Waals surface area contributed by atoms with Crippen LogP contribution in [0.3, 0.4) is 0 Å². The lowest BCUT2D eigenvalue weighted by Gasteiger charge is -2.23. The summed E-state index contributed by atoms with van der Waals surface area (Å²) in [5.41, 5.74) is 2.62. The van der Waals surface area contributed by atoms with Crippen LogP contribution in [-0.4, -0.2) is 56.3 Å². The first kappa shape index (κ1) is 27.2. The number of ether oxygens (including phenoxy) is 1. The number of rotatable bonds is 10. The Labute approximate surface area is 213 Å². The molecular weight excluding hydrogens is 480 g/mol. The molecule has 0 aliphatic carbocycles. The van der Waals surface area contributed by atoms with Crippen LogP contribution in [0.1, 0.15) is 45.1 Å². The van der Waals surface area contributed by atoms with Crippen molar-refractivity contribution >= 4 is 21.6 Å². The van der Waals surface area contributed by atoms with Crippen LogP contribution in [-0.2, 0) is 26.8 Å². The van der Waals surface area contributed by atoms with Crippen LogP contribution in [0.5, 0.6) is 5.75 Å². The highest BCUT2D eigenvalue weighted by Crippen LogP contribution is 2.25. The Morgan fingerprint density at radius 1 is 1.06 bits per heavy atom. The van der Waals surface area contributed by atoms with E-state index in [9.17, 15) is 13.2 Å². The highest BCUT2D eigenvalue weighted by atomic mass is 32.2. The molecule has 0 saturated heterocycles. The SMILES string of the molecule is COc1ccc(N(CCCC(=O)N(C)Cc2nc(-c3ccc(C(C)(C)C)cc3)no2)S(C)(=O)=O)cc1. The summed E-state index contributed by atoms with van der Waals surface area (Å²) in [5.74, 6) is 1.29. The number of carbonyl (C=O) groups is 1. The predicted molar refractivity (Wildman–Crippen MR) is 139 cm³/mol. The van der Waals surface area contributed by atoms with Gasteiger partial charge >= 0.3 is 0 Å². The molecule has 194 valence electrons. The van der Waals surface area contributed by atoms with Crippen molar-refractivity contribution in [1.82, 2.24) is 15.0 Å². The zero-order valence-corrected chi connectivity index (χ0v) is 22.5. The van der Waals surface area contributed by atoms with Gasteiger partial charge in [-0.3, -0.25) is 9.10 Å². The van der Waals surface area contributed by atoms with Crippen LogP contribution in [0.15, 0.2) is 53.1 Å². The number of methoxy groups -OCH3 is 1. The van der Waals surface area contributed by atoms with E-state index in [0.717, 1.165) is 11.8 Å². The van der Waals surface area contributed by atoms with Gasteiger partial charge in [0.1, 0.15) is 5.75 Å². The van der Waals surface area contributed by atoms with Crippen molar-refractivity contribution in [2.45, 2.75) is 45.6 Å². The van der Waals surface area contributed by atoms with Crippen LogP contribution in [0.4, 0.5) is 5.69 Å². The average molecular weight is 515 g/mol. The van der Waals surface area contributed by atoms with Gasteiger partial charge in [0.05, 0.1) is 25.6 Å². The molecule has 0 N–H and O–H groups in total. The van der Waals surface area contributed by atoms with Crippen molar-refractivity contribution < 1.29 is 22.5 Å². The second-order valence-corrected chi connectivity index (χ2v) is 11.6. The lowest BCUT2D eigenvalue weighted by Crippen LogP contribution is -2.32. The third kappa shape index (κ3) is 7.07. The third-order valence-corrected chi connectivity index (χ3v) is 6.98. The van der Waals surface area contributed by atoms with E-state index < -0.39 is 10.0 Å². The highest BCUT2D eigenvalue weighted by molar-refractivity contribution is 7.92. The van der Waals surface area contributed by atoms with Crippen LogP contribution in [0.25, 0.3) is 11.4 Å². The first-order chi connectivity index (χ1) is 16.9. The maximum atomic E-state index is 12.7. The van der Waals surface area contributed by atoms with Gasteiger partial charge in [-0.15, -0.1) is 0 Å². The number of hydrogen-bond donors (Lipinski definition) is 0. The van der Waals surface area contributed by atoms with E-state index in [1.54, 1.807) is 38.4 Å². The maximum Gasteiger partial charge on any atom is 0.246 e. The molecule has 0 radical (unpaired) electrons. The Bertz CT molecular complexity index is 1260. The lowest BCUT2D eigenvalue weighted by atomic mass is 9.87. The molecule has 3 aromatic rings. The zero-order chi connectivity index (χ0) is 26.5. The van der Waals surface area contributed by atoms with Crippen molar-refractivity contribution in [3.8, 4) is 17.1 Å². The second kappa shape index (κ2) is 11.1. The van der Waals surface area contributed by atoms with E-state index in [2.05, 4.69) is 30.9 Å². The number of aromatic nitrogens is 2. The predicted octanol–water partition coefficient (Wildman–Crippen LogP) is 4.25. The van der Waals surface area contributed by atoms with E-state index in [1.165, 1.54) is 14.8 Å². The number of nitrogens with zero attached hydrogens (tertiary/aromatic N) is 4. The van der Waals surface area contributed by atoms with Crippen molar-refractivity contribution in [3.63, 3.8) is 0 Å². The molecule has 1 heterocycles. The molecule has 10 heteroatoms. The summed E-state index contributed by atoms with van der Waals surface area (Å²) in [6, 6.07) is 14.8. The van der Waals surface area contributed by atoms with Gasteiger partial charge in [-0.05, 0) is 41.7 Å². The molecule has 1 aromatic heterocycles. The Balaban J connectivity index is 1.56. The van der Waals surface area contributed by atoms with Gasteiger partial charge in [-0.25, -0.2) is 8.42 Å². The van der Waals surface area contributed by atoms with Crippen LogP contribution in [0.2, 0.25) is 0 Å². The molecule has 0 aliphatic rings. The highest BCUT2D eigenvalue weighted by Gasteiger charge is 2.20. The molecule has 0 spiro atoms. The summed E-state index contributed by atoms with van der Waals surface area (Å²) >= 11 is 0. The normalized spacial score (nSPS) is 11.8. The van der Waals surface area contributed by atoms with Gasteiger partial charge in [0.15, 0.2) is 0 Å². The number of amides is 1. The van der Waals surface area contributed by atoms with Gasteiger partial charge in [0.2, 0.25) is 27.6 Å². The fourth-order valence-electron chi connectivity index (χ4n) is 3.65. The van der Waals surface area contributed by atoms with Gasteiger partial charge in [0, 0.05) is 25.6 Å². The molecule has 0 fully saturated rings. The molecule has 0 bridgehead atoms. The second-order valence-electron chi connectivity index (χ2n) is 9.73. The number of sulfonamides is 1. The molecule has 0 atom stereocenters. The van der Waals surface area contributed by atoms with Gasteiger partial charge in [-0.1, -0.05) is 50.2 Å². The van der Waals surface area contributed by atoms with E-state index >= 15 is 0 Å². The summed E-state index contributed by atoms with van der Waals surface area (Å²) in [7, 11) is -0.303. The van der Waals surface area contributed by atoms with E-state index in [-0.39, 0.29) is 30.8 Å². The first-order valence-corrected chi connectivity index (χ1v) is 13.5. The Kier molecular flexibility index (Phi) is 8.39. The Morgan fingerprint density at radius 3 is 2.25 bits per heavy atom. The van der Waals surface area contributed by atoms with Crippen LogP contribution >= 0.6 is 0 Å².